The van der Waals surface area contributed by atoms with Crippen LogP contribution in [-0.4, -0.2) is 23.8 Å². The molecule has 0 radical (unpaired) electrons. The molecule has 0 saturated carbocycles. The maximum atomic E-state index is 5.92. The monoisotopic (exact) mass is 323 g/mol. The molecule has 1 heterocycles. The van der Waals surface area contributed by atoms with Gasteiger partial charge < -0.3 is 4.90 Å². The molecule has 1 atom stereocenters. The first-order valence-electron chi connectivity index (χ1n) is 5.64. The molecule has 0 aromatic carbocycles. The van der Waals surface area contributed by atoms with Crippen molar-refractivity contribution in [3.05, 3.63) is 21.3 Å². The minimum atomic E-state index is 0.755. The Morgan fingerprint density at radius 1 is 1.50 bits per heavy atom. The summed E-state index contributed by atoms with van der Waals surface area (Å²) in [5, 5.41) is 1.09. The van der Waals surface area contributed by atoms with Crippen LogP contribution in [0.25, 0.3) is 0 Å². The highest BCUT2D eigenvalue weighted by Gasteiger charge is 2.10. The summed E-state index contributed by atoms with van der Waals surface area (Å²) >= 11 is 11.2. The lowest BCUT2D eigenvalue weighted by Crippen LogP contribution is -2.25. The Morgan fingerprint density at radius 3 is 2.75 bits per heavy atom. The van der Waals surface area contributed by atoms with Crippen molar-refractivity contribution in [2.75, 3.05) is 18.9 Å². The first kappa shape index (κ1) is 14.5. The maximum absolute atomic E-state index is 5.92. The van der Waals surface area contributed by atoms with Gasteiger partial charge in [-0.1, -0.05) is 40.9 Å². The van der Waals surface area contributed by atoms with Gasteiger partial charge >= 0.3 is 0 Å². The predicted octanol–water partition coefficient (Wildman–Crippen LogP) is 4.64. The fourth-order valence-corrected chi connectivity index (χ4v) is 3.53. The number of thiophene rings is 1. The van der Waals surface area contributed by atoms with Gasteiger partial charge in [0.2, 0.25) is 0 Å². The summed E-state index contributed by atoms with van der Waals surface area (Å²) in [6.07, 6.45) is 2.55. The summed E-state index contributed by atoms with van der Waals surface area (Å²) in [6.45, 7) is 4.40. The van der Waals surface area contributed by atoms with Crippen LogP contribution in [0.4, 0.5) is 0 Å². The Balaban J connectivity index is 2.37. The topological polar surface area (TPSA) is 3.24 Å². The Bertz CT molecular complexity index is 303. The van der Waals surface area contributed by atoms with Crippen LogP contribution in [0.2, 0.25) is 4.34 Å². The van der Waals surface area contributed by atoms with Crippen molar-refractivity contribution in [1.82, 2.24) is 4.90 Å². The van der Waals surface area contributed by atoms with Crippen LogP contribution < -0.4 is 0 Å². The van der Waals surface area contributed by atoms with Crippen LogP contribution in [0.3, 0.4) is 0 Å². The van der Waals surface area contributed by atoms with Crippen molar-refractivity contribution in [3.8, 4) is 0 Å². The molecule has 1 unspecified atom stereocenters. The minimum absolute atomic E-state index is 0.755. The third-order valence-electron chi connectivity index (χ3n) is 2.54. The molecule has 1 nitrogen and oxygen atoms in total. The molecule has 0 saturated heterocycles. The van der Waals surface area contributed by atoms with Gasteiger partial charge in [0.15, 0.2) is 0 Å². The van der Waals surface area contributed by atoms with Gasteiger partial charge in [-0.3, -0.25) is 0 Å². The van der Waals surface area contributed by atoms with Crippen LogP contribution in [-0.2, 0) is 6.54 Å². The van der Waals surface area contributed by atoms with Gasteiger partial charge in [-0.05, 0) is 31.5 Å². The lowest BCUT2D eigenvalue weighted by Gasteiger charge is -2.21. The zero-order valence-electron chi connectivity index (χ0n) is 9.88. The number of alkyl halides is 1. The van der Waals surface area contributed by atoms with E-state index in [9.17, 15) is 0 Å². The predicted molar refractivity (Wildman–Crippen MR) is 77.9 cm³/mol. The Kier molecular flexibility index (Phi) is 6.97. The molecule has 0 amide bonds. The van der Waals surface area contributed by atoms with E-state index in [4.69, 9.17) is 11.6 Å². The fraction of sp³-hybridized carbons (Fsp3) is 0.667. The maximum Gasteiger partial charge on any atom is 0.0931 e. The molecule has 0 fully saturated rings. The smallest absolute Gasteiger partial charge is 0.0931 e. The number of nitrogens with zero attached hydrogens (tertiary/aromatic N) is 1. The highest BCUT2D eigenvalue weighted by molar-refractivity contribution is 9.09. The first-order chi connectivity index (χ1) is 7.65. The van der Waals surface area contributed by atoms with Crippen molar-refractivity contribution in [2.45, 2.75) is 26.3 Å². The summed E-state index contributed by atoms with van der Waals surface area (Å²) in [5.41, 5.74) is 0. The van der Waals surface area contributed by atoms with E-state index >= 15 is 0 Å². The van der Waals surface area contributed by atoms with E-state index in [2.05, 4.69) is 40.9 Å². The summed E-state index contributed by atoms with van der Waals surface area (Å²) < 4.78 is 0.883. The highest BCUT2D eigenvalue weighted by atomic mass is 79.9. The van der Waals surface area contributed by atoms with Gasteiger partial charge in [-0.15, -0.1) is 11.3 Å². The van der Waals surface area contributed by atoms with Gasteiger partial charge in [0.1, 0.15) is 0 Å². The van der Waals surface area contributed by atoms with Crippen molar-refractivity contribution in [1.29, 1.82) is 0 Å². The molecule has 92 valence electrons. The molecule has 0 aliphatic rings. The van der Waals surface area contributed by atoms with Crippen molar-refractivity contribution in [3.63, 3.8) is 0 Å². The van der Waals surface area contributed by atoms with E-state index in [1.807, 2.05) is 6.07 Å². The Morgan fingerprint density at radius 2 is 2.25 bits per heavy atom. The van der Waals surface area contributed by atoms with Crippen LogP contribution in [0, 0.1) is 5.92 Å². The second-order valence-corrected chi connectivity index (χ2v) is 6.66. The Hall–Kier alpha value is 0.430. The molecule has 1 rings (SSSR count). The van der Waals surface area contributed by atoms with E-state index in [0.29, 0.717) is 0 Å². The summed E-state index contributed by atoms with van der Waals surface area (Å²) in [7, 11) is 2.18. The molecule has 0 N–H and O–H groups in total. The van der Waals surface area contributed by atoms with E-state index < -0.39 is 0 Å². The van der Waals surface area contributed by atoms with Crippen molar-refractivity contribution >= 4 is 38.9 Å². The van der Waals surface area contributed by atoms with Gasteiger partial charge in [0.25, 0.3) is 0 Å². The minimum Gasteiger partial charge on any atom is -0.301 e. The summed E-state index contributed by atoms with van der Waals surface area (Å²) in [5.74, 6) is 0.755. The van der Waals surface area contributed by atoms with Crippen molar-refractivity contribution in [2.24, 2.45) is 5.92 Å². The van der Waals surface area contributed by atoms with E-state index in [-0.39, 0.29) is 0 Å². The van der Waals surface area contributed by atoms with E-state index in [1.54, 1.807) is 11.3 Å². The second kappa shape index (κ2) is 7.70. The van der Waals surface area contributed by atoms with Gasteiger partial charge in [0, 0.05) is 23.3 Å². The second-order valence-electron chi connectivity index (χ2n) is 4.21. The van der Waals surface area contributed by atoms with Gasteiger partial charge in [-0.25, -0.2) is 0 Å². The molecule has 4 heteroatoms. The van der Waals surface area contributed by atoms with Crippen LogP contribution in [0.1, 0.15) is 24.6 Å². The average molecular weight is 325 g/mol. The largest absolute Gasteiger partial charge is 0.301 e. The molecular formula is C12H19BrClNS. The molecule has 0 spiro atoms. The van der Waals surface area contributed by atoms with Gasteiger partial charge in [-0.2, -0.15) is 0 Å². The van der Waals surface area contributed by atoms with Crippen LogP contribution >= 0.6 is 38.9 Å². The standard InChI is InChI=1S/C12H19BrClNS/c1-3-4-10(7-13)8-15(2)9-11-5-6-12(14)16-11/h5-6,10H,3-4,7-9H2,1-2H3. The highest BCUT2D eigenvalue weighted by Crippen LogP contribution is 2.23. The lowest BCUT2D eigenvalue weighted by molar-refractivity contribution is 0.276. The van der Waals surface area contributed by atoms with Crippen molar-refractivity contribution < 1.29 is 0 Å². The first-order valence-corrected chi connectivity index (χ1v) is 7.96. The van der Waals surface area contributed by atoms with Crippen LogP contribution in [0.15, 0.2) is 12.1 Å². The molecule has 0 bridgehead atoms. The zero-order valence-corrected chi connectivity index (χ0v) is 13.0. The SMILES string of the molecule is CCCC(CBr)CN(C)Cc1ccc(Cl)s1. The molecule has 1 aromatic heterocycles. The molecule has 1 aromatic rings. The summed E-state index contributed by atoms with van der Waals surface area (Å²) in [4.78, 5) is 3.72. The zero-order chi connectivity index (χ0) is 12.0. The molecule has 0 aliphatic heterocycles. The summed E-state index contributed by atoms with van der Waals surface area (Å²) in [6, 6.07) is 4.09. The average Bonchev–Trinajstić information content (AvgIpc) is 2.63. The fourth-order valence-electron chi connectivity index (χ4n) is 1.83. The van der Waals surface area contributed by atoms with Gasteiger partial charge in [0.05, 0.1) is 4.34 Å². The number of halogens is 2. The van der Waals surface area contributed by atoms with Crippen LogP contribution in [0.5, 0.6) is 0 Å². The molecule has 0 aliphatic carbocycles. The number of hydrogen-bond donors (Lipinski definition) is 0. The van der Waals surface area contributed by atoms with E-state index in [1.165, 1.54) is 17.7 Å². The third-order valence-corrected chi connectivity index (χ3v) is 4.67. The lowest BCUT2D eigenvalue weighted by atomic mass is 10.1. The Labute approximate surface area is 116 Å². The normalized spacial score (nSPS) is 13.3. The quantitative estimate of drug-likeness (QED) is 0.660. The number of hydrogen-bond acceptors (Lipinski definition) is 2. The third kappa shape index (κ3) is 5.17. The molecule has 16 heavy (non-hydrogen) atoms. The van der Waals surface area contributed by atoms with E-state index in [0.717, 1.165) is 28.7 Å². The number of rotatable bonds is 7. The molecular weight excluding hydrogens is 306 g/mol.